The summed E-state index contributed by atoms with van der Waals surface area (Å²) in [6.45, 7) is 6.71. The van der Waals surface area contributed by atoms with Gasteiger partial charge in [0.15, 0.2) is 0 Å². The van der Waals surface area contributed by atoms with E-state index < -0.39 is 0 Å². The molecule has 1 N–H and O–H groups in total. The van der Waals surface area contributed by atoms with E-state index in [1.54, 1.807) is 24.4 Å². The van der Waals surface area contributed by atoms with Crippen LogP contribution in [0.3, 0.4) is 0 Å². The Balaban J connectivity index is 1.09. The summed E-state index contributed by atoms with van der Waals surface area (Å²) in [6.07, 6.45) is 3.81. The number of pyridine rings is 1. The Morgan fingerprint density at radius 3 is 2.41 bits per heavy atom. The van der Waals surface area contributed by atoms with Crippen LogP contribution in [0.1, 0.15) is 34.3 Å². The maximum absolute atomic E-state index is 13.4. The third kappa shape index (κ3) is 7.21. The first-order chi connectivity index (χ1) is 18.9. The molecular weight excluding hydrogens is 560 g/mol. The lowest BCUT2D eigenvalue weighted by Gasteiger charge is -2.43. The number of likely N-dealkylation sites (tertiary alicyclic amines) is 1. The van der Waals surface area contributed by atoms with E-state index in [4.69, 9.17) is 34.8 Å². The molecule has 6 nitrogen and oxygen atoms in total. The molecule has 2 aromatic carbocycles. The Morgan fingerprint density at radius 1 is 0.949 bits per heavy atom. The predicted octanol–water partition coefficient (Wildman–Crippen LogP) is 5.90. The van der Waals surface area contributed by atoms with Gasteiger partial charge in [-0.15, -0.1) is 0 Å². The zero-order valence-electron chi connectivity index (χ0n) is 21.6. The summed E-state index contributed by atoms with van der Waals surface area (Å²) in [6, 6.07) is 14.1. The summed E-state index contributed by atoms with van der Waals surface area (Å²) in [4.78, 5) is 24.3. The topological polar surface area (TPSA) is 51.7 Å². The second kappa shape index (κ2) is 12.8. The summed E-state index contributed by atoms with van der Waals surface area (Å²) in [5.74, 6) is 0.0725. The second-order valence-electron chi connectivity index (χ2n) is 10.1. The highest BCUT2D eigenvalue weighted by Crippen LogP contribution is 2.28. The third-order valence-corrected chi connectivity index (χ3v) is 8.39. The second-order valence-corrected chi connectivity index (χ2v) is 11.4. The van der Waals surface area contributed by atoms with Gasteiger partial charge < -0.3 is 10.2 Å². The van der Waals surface area contributed by atoms with Crippen molar-refractivity contribution < 1.29 is 9.18 Å². The minimum absolute atomic E-state index is 0.228. The van der Waals surface area contributed by atoms with Gasteiger partial charge in [-0.1, -0.05) is 53.0 Å². The van der Waals surface area contributed by atoms with Crippen LogP contribution in [0.25, 0.3) is 0 Å². The Kier molecular flexibility index (Phi) is 9.25. The first-order valence-electron chi connectivity index (χ1n) is 13.2. The van der Waals surface area contributed by atoms with Crippen molar-refractivity contribution in [1.29, 1.82) is 0 Å². The van der Waals surface area contributed by atoms with Crippen LogP contribution >= 0.6 is 34.8 Å². The van der Waals surface area contributed by atoms with Gasteiger partial charge in [0, 0.05) is 61.6 Å². The molecule has 3 aromatic rings. The number of nitrogens with zero attached hydrogens (tertiary/aromatic N) is 4. The quantitative estimate of drug-likeness (QED) is 0.372. The molecule has 1 amide bonds. The molecule has 0 radical (unpaired) electrons. The van der Waals surface area contributed by atoms with Crippen molar-refractivity contribution in [1.82, 2.24) is 20.1 Å². The highest BCUT2D eigenvalue weighted by molar-refractivity contribution is 6.35. The van der Waals surface area contributed by atoms with E-state index in [0.29, 0.717) is 33.0 Å². The van der Waals surface area contributed by atoms with Crippen molar-refractivity contribution >= 4 is 46.5 Å². The third-order valence-electron chi connectivity index (χ3n) is 7.52. The van der Waals surface area contributed by atoms with Crippen LogP contribution in [0.5, 0.6) is 0 Å². The lowest BCUT2D eigenvalue weighted by Crippen LogP contribution is -2.53. The van der Waals surface area contributed by atoms with E-state index in [9.17, 15) is 9.18 Å². The van der Waals surface area contributed by atoms with E-state index in [1.165, 1.54) is 12.1 Å². The van der Waals surface area contributed by atoms with Crippen molar-refractivity contribution in [2.75, 3.05) is 44.2 Å². The molecule has 0 atom stereocenters. The van der Waals surface area contributed by atoms with Crippen LogP contribution < -0.4 is 10.2 Å². The fourth-order valence-corrected chi connectivity index (χ4v) is 6.11. The molecule has 2 fully saturated rings. The number of aromatic nitrogens is 1. The molecule has 0 saturated carbocycles. The highest BCUT2D eigenvalue weighted by Gasteiger charge is 2.28. The summed E-state index contributed by atoms with van der Waals surface area (Å²) >= 11 is 19.0. The van der Waals surface area contributed by atoms with Gasteiger partial charge in [0.2, 0.25) is 0 Å². The number of anilines is 1. The van der Waals surface area contributed by atoms with Crippen molar-refractivity contribution in [3.8, 4) is 0 Å². The number of piperazine rings is 1. The van der Waals surface area contributed by atoms with E-state index in [2.05, 4.69) is 25.0 Å². The fraction of sp³-hybridized carbons (Fsp3) is 0.379. The summed E-state index contributed by atoms with van der Waals surface area (Å²) in [5.41, 5.74) is 2.19. The molecule has 2 saturated heterocycles. The molecule has 0 aliphatic carbocycles. The van der Waals surface area contributed by atoms with Gasteiger partial charge in [0.1, 0.15) is 11.6 Å². The van der Waals surface area contributed by atoms with Gasteiger partial charge in [-0.3, -0.25) is 14.6 Å². The monoisotopic (exact) mass is 589 g/mol. The number of carbonyl (C=O) groups is 1. The van der Waals surface area contributed by atoms with Crippen LogP contribution in [0.4, 0.5) is 10.2 Å². The Hall–Kier alpha value is -2.42. The van der Waals surface area contributed by atoms with Gasteiger partial charge in [-0.25, -0.2) is 9.37 Å². The molecule has 0 spiro atoms. The highest BCUT2D eigenvalue weighted by atomic mass is 35.5. The first-order valence-corrected chi connectivity index (χ1v) is 14.3. The van der Waals surface area contributed by atoms with Crippen molar-refractivity contribution in [2.45, 2.75) is 32.0 Å². The molecule has 39 heavy (non-hydrogen) atoms. The van der Waals surface area contributed by atoms with E-state index in [1.807, 2.05) is 18.2 Å². The molecule has 3 heterocycles. The smallest absolute Gasteiger partial charge is 0.253 e. The van der Waals surface area contributed by atoms with Crippen LogP contribution in [0.2, 0.25) is 15.1 Å². The van der Waals surface area contributed by atoms with Crippen molar-refractivity contribution in [2.24, 2.45) is 0 Å². The predicted molar refractivity (Wildman–Crippen MR) is 155 cm³/mol. The summed E-state index contributed by atoms with van der Waals surface area (Å²) in [5, 5.41) is 4.64. The molecular formula is C29H31Cl3FN5O. The van der Waals surface area contributed by atoms with Crippen molar-refractivity contribution in [3.05, 3.63) is 92.3 Å². The minimum atomic E-state index is -0.333. The maximum Gasteiger partial charge on any atom is 0.253 e. The normalized spacial score (nSPS) is 17.4. The van der Waals surface area contributed by atoms with Crippen LogP contribution in [-0.4, -0.2) is 66.0 Å². The number of benzene rings is 2. The lowest BCUT2D eigenvalue weighted by atomic mass is 10.0. The zero-order chi connectivity index (χ0) is 27.4. The zero-order valence-corrected chi connectivity index (χ0v) is 23.8. The van der Waals surface area contributed by atoms with Crippen molar-refractivity contribution in [3.63, 3.8) is 0 Å². The molecule has 1 aromatic heterocycles. The van der Waals surface area contributed by atoms with Crippen LogP contribution in [-0.2, 0) is 13.1 Å². The number of hydrogen-bond acceptors (Lipinski definition) is 5. The van der Waals surface area contributed by atoms with Gasteiger partial charge in [-0.2, -0.15) is 0 Å². The Morgan fingerprint density at radius 2 is 1.72 bits per heavy atom. The van der Waals surface area contributed by atoms with E-state index in [-0.39, 0.29) is 18.3 Å². The average molecular weight is 591 g/mol. The maximum atomic E-state index is 13.4. The molecule has 2 aliphatic heterocycles. The Bertz CT molecular complexity index is 1310. The standard InChI is InChI=1S/C29H31Cl3FN5O/c30-23-5-4-21(26(31)16-23)19-36-8-6-25(7-9-36)37-10-12-38(13-11-37)28-27(32)15-22(18-34-28)29(39)35-17-20-2-1-3-24(33)14-20/h1-5,14-16,18,25H,6-13,17,19H2,(H,35,39). The van der Waals surface area contributed by atoms with Crippen LogP contribution in [0.15, 0.2) is 54.7 Å². The number of carbonyl (C=O) groups excluding carboxylic acids is 1. The number of amides is 1. The number of piperidine rings is 1. The number of hydrogen-bond donors (Lipinski definition) is 1. The van der Waals surface area contributed by atoms with E-state index >= 15 is 0 Å². The Labute approximate surface area is 243 Å². The number of halogens is 4. The summed E-state index contributed by atoms with van der Waals surface area (Å²) < 4.78 is 13.4. The van der Waals surface area contributed by atoms with E-state index in [0.717, 1.165) is 69.2 Å². The van der Waals surface area contributed by atoms with Gasteiger partial charge in [0.05, 0.1) is 10.6 Å². The minimum Gasteiger partial charge on any atom is -0.353 e. The van der Waals surface area contributed by atoms with Crippen LogP contribution in [0, 0.1) is 5.82 Å². The number of rotatable bonds is 7. The molecule has 0 bridgehead atoms. The largest absolute Gasteiger partial charge is 0.353 e. The SMILES string of the molecule is O=C(NCc1cccc(F)c1)c1cnc(N2CCN(C3CCN(Cc4ccc(Cl)cc4Cl)CC3)CC2)c(Cl)c1. The lowest BCUT2D eigenvalue weighted by molar-refractivity contribution is 0.0950. The molecule has 5 rings (SSSR count). The molecule has 206 valence electrons. The van der Waals surface area contributed by atoms with Gasteiger partial charge in [-0.05, 0) is 67.4 Å². The first kappa shape index (κ1) is 28.1. The van der Waals surface area contributed by atoms with Gasteiger partial charge >= 0.3 is 0 Å². The fourth-order valence-electron chi connectivity index (χ4n) is 5.35. The average Bonchev–Trinajstić information content (AvgIpc) is 2.94. The van der Waals surface area contributed by atoms with Gasteiger partial charge in [0.25, 0.3) is 5.91 Å². The molecule has 2 aliphatic rings. The molecule has 0 unspecified atom stereocenters. The number of nitrogens with one attached hydrogen (secondary N) is 1. The summed E-state index contributed by atoms with van der Waals surface area (Å²) in [7, 11) is 0. The molecule has 10 heteroatoms.